The van der Waals surface area contributed by atoms with Crippen LogP contribution in [-0.4, -0.2) is 30.5 Å². The predicted octanol–water partition coefficient (Wildman–Crippen LogP) is 2.87. The zero-order valence-electron chi connectivity index (χ0n) is 9.74. The molecule has 0 aliphatic carbocycles. The van der Waals surface area contributed by atoms with E-state index in [1.807, 2.05) is 0 Å². The maximum absolute atomic E-state index is 12.6. The van der Waals surface area contributed by atoms with Crippen molar-refractivity contribution in [3.63, 3.8) is 0 Å². The van der Waals surface area contributed by atoms with Crippen LogP contribution >= 0.6 is 0 Å². The van der Waals surface area contributed by atoms with Crippen molar-refractivity contribution in [1.29, 1.82) is 0 Å². The van der Waals surface area contributed by atoms with Crippen molar-refractivity contribution in [2.45, 2.75) is 25.6 Å². The molecule has 1 aromatic heterocycles. The van der Waals surface area contributed by atoms with Gasteiger partial charge in [-0.2, -0.15) is 13.2 Å². The van der Waals surface area contributed by atoms with Gasteiger partial charge in [0, 0.05) is 6.54 Å². The van der Waals surface area contributed by atoms with Gasteiger partial charge in [-0.15, -0.1) is 0 Å². The molecule has 0 N–H and O–H groups in total. The Hall–Kier alpha value is -1.30. The first-order valence-corrected chi connectivity index (χ1v) is 5.82. The summed E-state index contributed by atoms with van der Waals surface area (Å²) in [5, 5.41) is 0. The Balaban J connectivity index is 1.95. The summed E-state index contributed by atoms with van der Waals surface area (Å²) in [5.74, 6) is -0.527. The van der Waals surface area contributed by atoms with Gasteiger partial charge in [0.1, 0.15) is 5.76 Å². The number of rotatable bonds is 3. The fourth-order valence-electron chi connectivity index (χ4n) is 2.23. The fraction of sp³-hybridized carbons (Fsp3) is 0.583. The Kier molecular flexibility index (Phi) is 3.75. The average Bonchev–Trinajstić information content (AvgIpc) is 2.76. The lowest BCUT2D eigenvalue weighted by atomic mass is 9.97. The highest BCUT2D eigenvalue weighted by atomic mass is 19.4. The van der Waals surface area contributed by atoms with E-state index in [1.165, 1.54) is 6.07 Å². The van der Waals surface area contributed by atoms with E-state index in [9.17, 15) is 18.0 Å². The molecule has 1 unspecified atom stereocenters. The number of carbonyl (C=O) groups is 1. The number of piperidine rings is 1. The third-order valence-electron chi connectivity index (χ3n) is 3.15. The van der Waals surface area contributed by atoms with E-state index in [1.54, 1.807) is 11.0 Å². The molecule has 0 spiro atoms. The molecular formula is C12H14F3NO2. The number of hydrogen-bond donors (Lipinski definition) is 0. The highest BCUT2D eigenvalue weighted by molar-refractivity contribution is 5.70. The van der Waals surface area contributed by atoms with Gasteiger partial charge in [-0.05, 0) is 31.5 Å². The first kappa shape index (κ1) is 13.1. The van der Waals surface area contributed by atoms with Gasteiger partial charge >= 0.3 is 6.18 Å². The van der Waals surface area contributed by atoms with Crippen molar-refractivity contribution < 1.29 is 22.4 Å². The summed E-state index contributed by atoms with van der Waals surface area (Å²) in [4.78, 5) is 12.2. The first-order chi connectivity index (χ1) is 8.49. The highest BCUT2D eigenvalue weighted by Crippen LogP contribution is 2.33. The molecule has 100 valence electrons. The molecule has 0 saturated carbocycles. The van der Waals surface area contributed by atoms with E-state index in [0.717, 1.165) is 0 Å². The van der Waals surface area contributed by atoms with Crippen LogP contribution in [0, 0.1) is 5.92 Å². The van der Waals surface area contributed by atoms with Crippen LogP contribution < -0.4 is 0 Å². The highest BCUT2D eigenvalue weighted by Gasteiger charge is 2.41. The van der Waals surface area contributed by atoms with E-state index in [4.69, 9.17) is 4.42 Å². The number of carbonyl (C=O) groups excluding carboxylic acids is 1. The second-order valence-electron chi connectivity index (χ2n) is 4.54. The van der Waals surface area contributed by atoms with E-state index in [2.05, 4.69) is 0 Å². The molecule has 1 fully saturated rings. The van der Waals surface area contributed by atoms with Crippen molar-refractivity contribution >= 4 is 6.29 Å². The third-order valence-corrected chi connectivity index (χ3v) is 3.15. The molecule has 1 aromatic rings. The minimum Gasteiger partial charge on any atom is -0.457 e. The second kappa shape index (κ2) is 5.14. The van der Waals surface area contributed by atoms with E-state index in [0.29, 0.717) is 31.6 Å². The number of nitrogens with zero attached hydrogens (tertiary/aromatic N) is 1. The van der Waals surface area contributed by atoms with Crippen molar-refractivity contribution in [2.24, 2.45) is 5.92 Å². The van der Waals surface area contributed by atoms with Crippen LogP contribution in [0.15, 0.2) is 16.5 Å². The number of likely N-dealkylation sites (tertiary alicyclic amines) is 1. The SMILES string of the molecule is O=Cc1ccc(CN2CCCC(C(F)(F)F)C2)o1. The minimum atomic E-state index is -4.13. The van der Waals surface area contributed by atoms with Crippen LogP contribution in [-0.2, 0) is 6.54 Å². The van der Waals surface area contributed by atoms with Gasteiger partial charge in [0.05, 0.1) is 12.5 Å². The summed E-state index contributed by atoms with van der Waals surface area (Å²) in [6, 6.07) is 3.15. The topological polar surface area (TPSA) is 33.5 Å². The number of alkyl halides is 3. The Bertz CT molecular complexity index is 414. The van der Waals surface area contributed by atoms with Gasteiger partial charge in [0.2, 0.25) is 0 Å². The summed E-state index contributed by atoms with van der Waals surface area (Å²) in [7, 11) is 0. The fourth-order valence-corrected chi connectivity index (χ4v) is 2.23. The second-order valence-corrected chi connectivity index (χ2v) is 4.54. The summed E-state index contributed by atoms with van der Waals surface area (Å²) < 4.78 is 43.0. The Morgan fingerprint density at radius 3 is 2.83 bits per heavy atom. The van der Waals surface area contributed by atoms with Crippen LogP contribution in [0.4, 0.5) is 13.2 Å². The number of aldehydes is 1. The molecule has 18 heavy (non-hydrogen) atoms. The largest absolute Gasteiger partial charge is 0.457 e. The van der Waals surface area contributed by atoms with Gasteiger partial charge in [0.25, 0.3) is 0 Å². The molecule has 1 atom stereocenters. The molecule has 1 aliphatic rings. The van der Waals surface area contributed by atoms with Gasteiger partial charge in [-0.1, -0.05) is 0 Å². The van der Waals surface area contributed by atoms with E-state index < -0.39 is 12.1 Å². The van der Waals surface area contributed by atoms with Crippen LogP contribution in [0.25, 0.3) is 0 Å². The Labute approximate surface area is 103 Å². The molecule has 0 radical (unpaired) electrons. The molecule has 0 aromatic carbocycles. The van der Waals surface area contributed by atoms with E-state index >= 15 is 0 Å². The lowest BCUT2D eigenvalue weighted by molar-refractivity contribution is -0.187. The molecule has 3 nitrogen and oxygen atoms in total. The van der Waals surface area contributed by atoms with Gasteiger partial charge in [0.15, 0.2) is 12.0 Å². The van der Waals surface area contributed by atoms with Gasteiger partial charge in [-0.25, -0.2) is 0 Å². The van der Waals surface area contributed by atoms with Gasteiger partial charge in [-0.3, -0.25) is 9.69 Å². The molecule has 0 amide bonds. The van der Waals surface area contributed by atoms with Crippen LogP contribution in [0.2, 0.25) is 0 Å². The normalized spacial score (nSPS) is 22.1. The molecule has 6 heteroatoms. The lowest BCUT2D eigenvalue weighted by Gasteiger charge is -2.33. The number of halogens is 3. The molecule has 2 heterocycles. The molecule has 1 saturated heterocycles. The van der Waals surface area contributed by atoms with Crippen molar-refractivity contribution in [3.05, 3.63) is 23.7 Å². The van der Waals surface area contributed by atoms with Gasteiger partial charge < -0.3 is 4.42 Å². The third kappa shape index (κ3) is 3.13. The average molecular weight is 261 g/mol. The summed E-state index contributed by atoms with van der Waals surface area (Å²) >= 11 is 0. The molecular weight excluding hydrogens is 247 g/mol. The first-order valence-electron chi connectivity index (χ1n) is 5.82. The van der Waals surface area contributed by atoms with Crippen LogP contribution in [0.1, 0.15) is 29.2 Å². The summed E-state index contributed by atoms with van der Waals surface area (Å²) in [6.07, 6.45) is -2.82. The van der Waals surface area contributed by atoms with Crippen molar-refractivity contribution in [2.75, 3.05) is 13.1 Å². The predicted molar refractivity (Wildman–Crippen MR) is 58.2 cm³/mol. The standard InChI is InChI=1S/C12H14F3NO2/c13-12(14,15)9-2-1-5-16(6-9)7-10-3-4-11(8-17)18-10/h3-4,8-9H,1-2,5-7H2. The molecule has 2 rings (SSSR count). The maximum atomic E-state index is 12.6. The number of hydrogen-bond acceptors (Lipinski definition) is 3. The Morgan fingerprint density at radius 2 is 2.22 bits per heavy atom. The summed E-state index contributed by atoms with van der Waals surface area (Å²) in [5.41, 5.74) is 0. The number of furan rings is 1. The monoisotopic (exact) mass is 261 g/mol. The Morgan fingerprint density at radius 1 is 1.44 bits per heavy atom. The molecule has 0 bridgehead atoms. The molecule has 1 aliphatic heterocycles. The zero-order chi connectivity index (χ0) is 13.2. The van der Waals surface area contributed by atoms with Crippen LogP contribution in [0.5, 0.6) is 0 Å². The lowest BCUT2D eigenvalue weighted by Crippen LogP contribution is -2.41. The maximum Gasteiger partial charge on any atom is 0.393 e. The quantitative estimate of drug-likeness (QED) is 0.784. The zero-order valence-corrected chi connectivity index (χ0v) is 9.74. The van der Waals surface area contributed by atoms with Crippen LogP contribution in [0.3, 0.4) is 0 Å². The van der Waals surface area contributed by atoms with E-state index in [-0.39, 0.29) is 18.7 Å². The van der Waals surface area contributed by atoms with Crippen molar-refractivity contribution in [1.82, 2.24) is 4.90 Å². The smallest absolute Gasteiger partial charge is 0.393 e. The minimum absolute atomic E-state index is 0.000618. The van der Waals surface area contributed by atoms with Crippen molar-refractivity contribution in [3.8, 4) is 0 Å². The summed E-state index contributed by atoms with van der Waals surface area (Å²) in [6.45, 7) is 0.949.